The van der Waals surface area contributed by atoms with Crippen LogP contribution in [0.4, 0.5) is 17.3 Å². The molecule has 4 rings (SSSR count). The Morgan fingerprint density at radius 2 is 1.71 bits per heavy atom. The van der Waals surface area contributed by atoms with Gasteiger partial charge in [0.2, 0.25) is 0 Å². The lowest BCUT2D eigenvalue weighted by Crippen LogP contribution is -2.16. The summed E-state index contributed by atoms with van der Waals surface area (Å²) in [5.74, 6) is 0.833. The summed E-state index contributed by atoms with van der Waals surface area (Å²) in [5, 5.41) is 3.55. The molecule has 0 bridgehead atoms. The Kier molecular flexibility index (Phi) is 6.67. The lowest BCUT2D eigenvalue weighted by atomic mass is 10.1. The molecule has 174 valence electrons. The monoisotopic (exact) mass is 496 g/mol. The van der Waals surface area contributed by atoms with Gasteiger partial charge in [0.25, 0.3) is 10.0 Å². The van der Waals surface area contributed by atoms with E-state index in [1.807, 2.05) is 6.07 Å². The topological polar surface area (TPSA) is 110 Å². The molecule has 1 aromatic heterocycles. The van der Waals surface area contributed by atoms with Crippen LogP contribution in [0.1, 0.15) is 12.5 Å². The van der Waals surface area contributed by atoms with E-state index in [4.69, 9.17) is 16.3 Å². The van der Waals surface area contributed by atoms with Crippen molar-refractivity contribution in [3.8, 4) is 5.75 Å². The third-order valence-corrected chi connectivity index (χ3v) is 6.48. The smallest absolute Gasteiger partial charge is 0.263 e. The summed E-state index contributed by atoms with van der Waals surface area (Å²) in [6.07, 6.45) is 0.284. The van der Waals surface area contributed by atoms with Crippen LogP contribution in [0.5, 0.6) is 5.75 Å². The van der Waals surface area contributed by atoms with Crippen molar-refractivity contribution >= 4 is 55.8 Å². The number of fused-ring (bicyclic) bond motifs is 1. The maximum absolute atomic E-state index is 13.0. The molecule has 0 amide bonds. The first-order valence-electron chi connectivity index (χ1n) is 10.2. The van der Waals surface area contributed by atoms with Crippen LogP contribution >= 0.6 is 11.6 Å². The lowest BCUT2D eigenvalue weighted by Gasteiger charge is -2.15. The number of ketones is 1. The highest BCUT2D eigenvalue weighted by Crippen LogP contribution is 2.29. The molecule has 0 aliphatic rings. The van der Waals surface area contributed by atoms with Crippen molar-refractivity contribution < 1.29 is 17.9 Å². The van der Waals surface area contributed by atoms with Crippen LogP contribution in [0.2, 0.25) is 5.02 Å². The van der Waals surface area contributed by atoms with Crippen LogP contribution in [0, 0.1) is 0 Å². The van der Waals surface area contributed by atoms with Crippen molar-refractivity contribution in [3.63, 3.8) is 0 Å². The highest BCUT2D eigenvalue weighted by molar-refractivity contribution is 7.92. The number of hydrogen-bond donors (Lipinski definition) is 2. The van der Waals surface area contributed by atoms with Gasteiger partial charge in [0, 0.05) is 23.2 Å². The SMILES string of the molecule is COc1ccc2nc(NS(=O)(=O)c3ccc(Cl)cc3)c(Nc3cccc(CC(C)=O)c3)nc2c1. The van der Waals surface area contributed by atoms with Gasteiger partial charge in [0.1, 0.15) is 11.5 Å². The Labute approximate surface area is 202 Å². The predicted octanol–water partition coefficient (Wildman–Crippen LogP) is 4.97. The van der Waals surface area contributed by atoms with Gasteiger partial charge in [-0.05, 0) is 61.0 Å². The van der Waals surface area contributed by atoms with Gasteiger partial charge in [-0.15, -0.1) is 0 Å². The lowest BCUT2D eigenvalue weighted by molar-refractivity contribution is -0.116. The first-order valence-corrected chi connectivity index (χ1v) is 12.1. The average Bonchev–Trinajstić information content (AvgIpc) is 2.79. The second-order valence-electron chi connectivity index (χ2n) is 7.54. The number of halogens is 1. The van der Waals surface area contributed by atoms with E-state index in [0.29, 0.717) is 27.5 Å². The van der Waals surface area contributed by atoms with Gasteiger partial charge < -0.3 is 10.1 Å². The minimum atomic E-state index is -3.97. The molecule has 1 heterocycles. The van der Waals surface area contributed by atoms with Gasteiger partial charge >= 0.3 is 0 Å². The van der Waals surface area contributed by atoms with E-state index in [0.717, 1.165) is 5.56 Å². The Balaban J connectivity index is 1.77. The van der Waals surface area contributed by atoms with Gasteiger partial charge in [0.15, 0.2) is 11.6 Å². The van der Waals surface area contributed by atoms with E-state index < -0.39 is 10.0 Å². The zero-order valence-electron chi connectivity index (χ0n) is 18.4. The molecule has 34 heavy (non-hydrogen) atoms. The number of ether oxygens (including phenoxy) is 1. The molecule has 0 atom stereocenters. The number of nitrogens with one attached hydrogen (secondary N) is 2. The summed E-state index contributed by atoms with van der Waals surface area (Å²) in [4.78, 5) is 20.6. The highest BCUT2D eigenvalue weighted by atomic mass is 35.5. The number of methoxy groups -OCH3 is 1. The van der Waals surface area contributed by atoms with Crippen molar-refractivity contribution in [3.05, 3.63) is 77.3 Å². The summed E-state index contributed by atoms with van der Waals surface area (Å²) >= 11 is 5.89. The molecule has 0 unspecified atom stereocenters. The number of anilines is 3. The summed E-state index contributed by atoms with van der Waals surface area (Å²) in [6.45, 7) is 1.52. The molecule has 0 spiro atoms. The van der Waals surface area contributed by atoms with Crippen molar-refractivity contribution in [1.82, 2.24) is 9.97 Å². The minimum absolute atomic E-state index is 0.0181. The van der Waals surface area contributed by atoms with Crippen LogP contribution in [0.15, 0.2) is 71.6 Å². The second-order valence-corrected chi connectivity index (χ2v) is 9.66. The zero-order chi connectivity index (χ0) is 24.3. The molecule has 0 saturated heterocycles. The number of sulfonamides is 1. The molecule has 3 aromatic carbocycles. The number of benzene rings is 3. The Morgan fingerprint density at radius 1 is 0.971 bits per heavy atom. The number of nitrogens with zero attached hydrogens (tertiary/aromatic N) is 2. The number of carbonyl (C=O) groups excluding carboxylic acids is 1. The van der Waals surface area contributed by atoms with Crippen molar-refractivity contribution in [2.24, 2.45) is 0 Å². The summed E-state index contributed by atoms with van der Waals surface area (Å²) in [6, 6.07) is 18.1. The molecule has 8 nitrogen and oxygen atoms in total. The van der Waals surface area contributed by atoms with Crippen LogP contribution in [-0.2, 0) is 21.2 Å². The molecule has 0 aliphatic carbocycles. The maximum atomic E-state index is 13.0. The fourth-order valence-corrected chi connectivity index (χ4v) is 4.44. The van der Waals surface area contributed by atoms with Crippen LogP contribution < -0.4 is 14.8 Å². The molecular formula is C24H21ClN4O4S. The molecular weight excluding hydrogens is 476 g/mol. The van der Waals surface area contributed by atoms with E-state index in [1.165, 1.54) is 31.2 Å². The third kappa shape index (κ3) is 5.44. The van der Waals surface area contributed by atoms with E-state index in [9.17, 15) is 13.2 Å². The van der Waals surface area contributed by atoms with E-state index >= 15 is 0 Å². The van der Waals surface area contributed by atoms with Crippen LogP contribution in [0.3, 0.4) is 0 Å². The van der Waals surface area contributed by atoms with Crippen molar-refractivity contribution in [2.45, 2.75) is 18.2 Å². The van der Waals surface area contributed by atoms with Gasteiger partial charge in [0.05, 0.1) is 23.0 Å². The van der Waals surface area contributed by atoms with Gasteiger partial charge in [-0.2, -0.15) is 0 Å². The predicted molar refractivity (Wildman–Crippen MR) is 132 cm³/mol. The summed E-state index contributed by atoms with van der Waals surface area (Å²) in [7, 11) is -2.43. The van der Waals surface area contributed by atoms with E-state index in [-0.39, 0.29) is 28.7 Å². The van der Waals surface area contributed by atoms with Gasteiger partial charge in [-0.25, -0.2) is 18.4 Å². The number of hydrogen-bond acceptors (Lipinski definition) is 7. The second kappa shape index (κ2) is 9.66. The standard InChI is InChI=1S/C24H21ClN4O4S/c1-15(30)12-16-4-3-5-18(13-16)26-23-24(27-21-11-8-19(33-2)14-22(21)28-23)29-34(31,32)20-9-6-17(25)7-10-20/h3-11,13-14H,12H2,1-2H3,(H,26,28)(H,27,29). The number of carbonyl (C=O) groups is 1. The third-order valence-electron chi connectivity index (χ3n) is 4.87. The maximum Gasteiger partial charge on any atom is 0.263 e. The molecule has 0 saturated carbocycles. The van der Waals surface area contributed by atoms with Crippen LogP contribution in [-0.4, -0.2) is 31.3 Å². The van der Waals surface area contributed by atoms with Gasteiger partial charge in [-0.1, -0.05) is 23.7 Å². The first-order chi connectivity index (χ1) is 16.2. The highest BCUT2D eigenvalue weighted by Gasteiger charge is 2.19. The molecule has 0 radical (unpaired) electrons. The first kappa shape index (κ1) is 23.5. The summed E-state index contributed by atoms with van der Waals surface area (Å²) in [5.41, 5.74) is 2.43. The van der Waals surface area contributed by atoms with Crippen LogP contribution in [0.25, 0.3) is 11.0 Å². The molecule has 10 heteroatoms. The zero-order valence-corrected chi connectivity index (χ0v) is 19.9. The quantitative estimate of drug-likeness (QED) is 0.354. The number of aromatic nitrogens is 2. The fourth-order valence-electron chi connectivity index (χ4n) is 3.30. The largest absolute Gasteiger partial charge is 0.497 e. The van der Waals surface area contributed by atoms with E-state index in [2.05, 4.69) is 20.0 Å². The average molecular weight is 497 g/mol. The molecule has 4 aromatic rings. The summed E-state index contributed by atoms with van der Waals surface area (Å²) < 4.78 is 33.8. The van der Waals surface area contributed by atoms with Crippen molar-refractivity contribution in [2.75, 3.05) is 17.1 Å². The minimum Gasteiger partial charge on any atom is -0.497 e. The Bertz CT molecular complexity index is 1470. The Hall–Kier alpha value is -3.69. The number of Topliss-reactive ketones (excluding diaryl/α,β-unsaturated/α-hetero) is 1. The normalized spacial score (nSPS) is 11.3. The number of rotatable bonds is 8. The fraction of sp³-hybridized carbons (Fsp3) is 0.125. The molecule has 0 aliphatic heterocycles. The molecule has 0 fully saturated rings. The van der Waals surface area contributed by atoms with Gasteiger partial charge in [-0.3, -0.25) is 9.52 Å². The Morgan fingerprint density at radius 3 is 2.41 bits per heavy atom. The molecule has 2 N–H and O–H groups in total. The van der Waals surface area contributed by atoms with Crippen molar-refractivity contribution in [1.29, 1.82) is 0 Å². The van der Waals surface area contributed by atoms with E-state index in [1.54, 1.807) is 43.5 Å².